The van der Waals surface area contributed by atoms with Gasteiger partial charge in [-0.3, -0.25) is 19.9 Å². The Morgan fingerprint density at radius 1 is 1.12 bits per heavy atom. The Kier molecular flexibility index (Phi) is 6.41. The van der Waals surface area contributed by atoms with Crippen molar-refractivity contribution >= 4 is 33.1 Å². The molecule has 9 heteroatoms. The largest absolute Gasteiger partial charge is 0.382 e. The van der Waals surface area contributed by atoms with Crippen LogP contribution in [0.3, 0.4) is 0 Å². The molecule has 2 aromatic carbocycles. The molecule has 2 heterocycles. The Labute approximate surface area is 193 Å². The van der Waals surface area contributed by atoms with E-state index in [9.17, 15) is 13.2 Å². The normalized spacial score (nSPS) is 13.3. The molecule has 4 N–H and O–H groups in total. The van der Waals surface area contributed by atoms with Crippen LogP contribution in [0.25, 0.3) is 0 Å². The highest BCUT2D eigenvalue weighted by atomic mass is 32.2. The molecule has 8 nitrogen and oxygen atoms in total. The molecule has 0 saturated heterocycles. The van der Waals surface area contributed by atoms with E-state index in [-0.39, 0.29) is 16.6 Å². The molecule has 0 unspecified atom stereocenters. The summed E-state index contributed by atoms with van der Waals surface area (Å²) < 4.78 is 27.9. The first-order valence-electron chi connectivity index (χ1n) is 10.6. The van der Waals surface area contributed by atoms with Gasteiger partial charge in [0.2, 0.25) is 5.91 Å². The number of sulfonamides is 1. The summed E-state index contributed by atoms with van der Waals surface area (Å²) in [7, 11) is -3.68. The fourth-order valence-electron chi connectivity index (χ4n) is 3.85. The fraction of sp³-hybridized carbons (Fsp3) is 0.208. The number of anilines is 2. The summed E-state index contributed by atoms with van der Waals surface area (Å²) in [5.41, 5.74) is 8.97. The van der Waals surface area contributed by atoms with Crippen molar-refractivity contribution in [3.8, 4) is 0 Å². The maximum atomic E-state index is 12.9. The third kappa shape index (κ3) is 5.20. The molecule has 1 aliphatic rings. The zero-order valence-corrected chi connectivity index (χ0v) is 18.8. The van der Waals surface area contributed by atoms with Gasteiger partial charge >= 0.3 is 0 Å². The van der Waals surface area contributed by atoms with E-state index >= 15 is 0 Å². The minimum Gasteiger partial charge on any atom is -0.382 e. The molecule has 0 aliphatic carbocycles. The van der Waals surface area contributed by atoms with Gasteiger partial charge in [0.15, 0.2) is 0 Å². The number of carbonyl (C=O) groups is 1. The van der Waals surface area contributed by atoms with E-state index in [0.29, 0.717) is 30.8 Å². The maximum absolute atomic E-state index is 12.9. The van der Waals surface area contributed by atoms with Crippen LogP contribution in [0.5, 0.6) is 0 Å². The quantitative estimate of drug-likeness (QED) is 0.366. The van der Waals surface area contributed by atoms with Crippen molar-refractivity contribution in [2.45, 2.75) is 30.6 Å². The van der Waals surface area contributed by atoms with Crippen LogP contribution in [-0.2, 0) is 27.7 Å². The number of hydrogen-bond donors (Lipinski definition) is 3. The Morgan fingerprint density at radius 2 is 1.91 bits per heavy atom. The Balaban J connectivity index is 1.45. The number of pyridine rings is 1. The molecule has 0 saturated carbocycles. The SMILES string of the molecule is N=C(N)c1ccc(CCC(=O)N2CCCc3cc(NS(=O)(=O)c4ccccc4)ccc32)cn1. The minimum absolute atomic E-state index is 0.00390. The molecule has 170 valence electrons. The molecule has 3 aromatic rings. The van der Waals surface area contributed by atoms with Gasteiger partial charge in [-0.05, 0) is 66.8 Å². The van der Waals surface area contributed by atoms with Crippen molar-refractivity contribution in [2.75, 3.05) is 16.2 Å². The molecule has 0 atom stereocenters. The van der Waals surface area contributed by atoms with Crippen LogP contribution in [0, 0.1) is 5.41 Å². The number of amidine groups is 1. The molecule has 0 fully saturated rings. The summed E-state index contributed by atoms with van der Waals surface area (Å²) in [5, 5.41) is 7.40. The van der Waals surface area contributed by atoms with Gasteiger partial charge in [-0.1, -0.05) is 24.3 Å². The lowest BCUT2D eigenvalue weighted by molar-refractivity contribution is -0.118. The number of aromatic nitrogens is 1. The molecular weight excluding hydrogens is 438 g/mol. The molecule has 1 aromatic heterocycles. The summed E-state index contributed by atoms with van der Waals surface area (Å²) in [4.78, 5) is 19.1. The third-order valence-electron chi connectivity index (χ3n) is 5.53. The first-order valence-corrected chi connectivity index (χ1v) is 12.1. The Bertz CT molecular complexity index is 1280. The van der Waals surface area contributed by atoms with Gasteiger partial charge in [0.25, 0.3) is 10.0 Å². The van der Waals surface area contributed by atoms with Crippen LogP contribution in [0.1, 0.15) is 29.7 Å². The summed E-state index contributed by atoms with van der Waals surface area (Å²) in [6, 6.07) is 17.0. The molecule has 0 bridgehead atoms. The van der Waals surface area contributed by atoms with Crippen LogP contribution in [0.2, 0.25) is 0 Å². The fourth-order valence-corrected chi connectivity index (χ4v) is 4.92. The predicted molar refractivity (Wildman–Crippen MR) is 128 cm³/mol. The van der Waals surface area contributed by atoms with Crippen molar-refractivity contribution in [2.24, 2.45) is 5.73 Å². The van der Waals surface area contributed by atoms with Gasteiger partial charge in [0, 0.05) is 30.5 Å². The first-order chi connectivity index (χ1) is 15.8. The highest BCUT2D eigenvalue weighted by Gasteiger charge is 2.23. The average molecular weight is 464 g/mol. The van der Waals surface area contributed by atoms with Crippen LogP contribution in [-0.4, -0.2) is 31.7 Å². The van der Waals surface area contributed by atoms with Crippen LogP contribution in [0.4, 0.5) is 11.4 Å². The lowest BCUT2D eigenvalue weighted by Gasteiger charge is -2.30. The van der Waals surface area contributed by atoms with Gasteiger partial charge in [-0.2, -0.15) is 0 Å². The van der Waals surface area contributed by atoms with Gasteiger partial charge in [-0.25, -0.2) is 8.42 Å². The van der Waals surface area contributed by atoms with Gasteiger partial charge in [0.1, 0.15) is 11.5 Å². The monoisotopic (exact) mass is 463 g/mol. The van der Waals surface area contributed by atoms with E-state index in [4.69, 9.17) is 11.1 Å². The number of hydrogen-bond acceptors (Lipinski definition) is 5. The lowest BCUT2D eigenvalue weighted by atomic mass is 10.00. The molecule has 33 heavy (non-hydrogen) atoms. The van der Waals surface area contributed by atoms with E-state index in [0.717, 1.165) is 29.7 Å². The first kappa shape index (κ1) is 22.5. The second-order valence-electron chi connectivity index (χ2n) is 7.88. The highest BCUT2D eigenvalue weighted by molar-refractivity contribution is 7.92. The van der Waals surface area contributed by atoms with Crippen molar-refractivity contribution in [1.82, 2.24) is 4.98 Å². The summed E-state index contributed by atoms with van der Waals surface area (Å²) in [6.45, 7) is 0.627. The zero-order chi connectivity index (χ0) is 23.4. The number of nitrogens with two attached hydrogens (primary N) is 1. The number of nitrogens with one attached hydrogen (secondary N) is 2. The molecule has 0 radical (unpaired) electrons. The van der Waals surface area contributed by atoms with E-state index in [2.05, 4.69) is 9.71 Å². The van der Waals surface area contributed by atoms with Gasteiger partial charge < -0.3 is 10.6 Å². The number of amides is 1. The second-order valence-corrected chi connectivity index (χ2v) is 9.56. The Morgan fingerprint density at radius 3 is 2.61 bits per heavy atom. The average Bonchev–Trinajstić information content (AvgIpc) is 2.82. The molecule has 4 rings (SSSR count). The summed E-state index contributed by atoms with van der Waals surface area (Å²) in [5.74, 6) is -0.0859. The van der Waals surface area contributed by atoms with E-state index in [1.165, 1.54) is 0 Å². The maximum Gasteiger partial charge on any atom is 0.261 e. The van der Waals surface area contributed by atoms with Gasteiger partial charge in [0.05, 0.1) is 4.90 Å². The van der Waals surface area contributed by atoms with E-state index in [1.54, 1.807) is 65.7 Å². The minimum atomic E-state index is -3.68. The molecule has 1 aliphatic heterocycles. The summed E-state index contributed by atoms with van der Waals surface area (Å²) in [6.07, 6.45) is 4.08. The van der Waals surface area contributed by atoms with Crippen LogP contribution >= 0.6 is 0 Å². The smallest absolute Gasteiger partial charge is 0.261 e. The number of nitrogens with zero attached hydrogens (tertiary/aromatic N) is 2. The standard InChI is InChI=1S/C24H25N5O3S/c25-24(26)21-11-8-17(16-27-21)9-13-23(30)29-14-4-5-18-15-19(10-12-22(18)29)28-33(31,32)20-6-2-1-3-7-20/h1-3,6-8,10-12,15-16,28H,4-5,9,13-14H2,(H3,25,26). The topological polar surface area (TPSA) is 129 Å². The number of fused-ring (bicyclic) bond motifs is 1. The zero-order valence-electron chi connectivity index (χ0n) is 18.0. The number of carbonyl (C=O) groups excluding carboxylic acids is 1. The molecular formula is C24H25N5O3S. The van der Waals surface area contributed by atoms with Gasteiger partial charge in [-0.15, -0.1) is 0 Å². The van der Waals surface area contributed by atoms with E-state index < -0.39 is 10.0 Å². The number of rotatable bonds is 7. The third-order valence-corrected chi connectivity index (χ3v) is 6.93. The van der Waals surface area contributed by atoms with E-state index in [1.807, 2.05) is 6.07 Å². The van der Waals surface area contributed by atoms with Crippen molar-refractivity contribution in [3.05, 3.63) is 83.7 Å². The molecule has 0 spiro atoms. The lowest BCUT2D eigenvalue weighted by Crippen LogP contribution is -2.35. The molecule has 1 amide bonds. The number of nitrogen functional groups attached to an aromatic ring is 1. The predicted octanol–water partition coefficient (Wildman–Crippen LogP) is 3.08. The second kappa shape index (κ2) is 9.41. The van der Waals surface area contributed by atoms with Crippen molar-refractivity contribution < 1.29 is 13.2 Å². The summed E-state index contributed by atoms with van der Waals surface area (Å²) >= 11 is 0. The highest BCUT2D eigenvalue weighted by Crippen LogP contribution is 2.31. The van der Waals surface area contributed by atoms with Crippen LogP contribution < -0.4 is 15.4 Å². The van der Waals surface area contributed by atoms with Crippen molar-refractivity contribution in [3.63, 3.8) is 0 Å². The number of aryl methyl sites for hydroxylation is 2. The van der Waals surface area contributed by atoms with Crippen LogP contribution in [0.15, 0.2) is 71.8 Å². The number of benzene rings is 2. The van der Waals surface area contributed by atoms with Crippen molar-refractivity contribution in [1.29, 1.82) is 5.41 Å². The Hall–Kier alpha value is -3.72.